The zero-order valence-electron chi connectivity index (χ0n) is 16.9. The number of halogens is 1. The summed E-state index contributed by atoms with van der Waals surface area (Å²) in [4.78, 5) is 12.2. The molecule has 0 spiro atoms. The van der Waals surface area contributed by atoms with Crippen molar-refractivity contribution in [3.05, 3.63) is 0 Å². The lowest BCUT2D eigenvalue weighted by Crippen LogP contribution is -2.49. The van der Waals surface area contributed by atoms with Crippen molar-refractivity contribution in [3.63, 3.8) is 0 Å². The largest absolute Gasteiger partial charge is 0.382 e. The van der Waals surface area contributed by atoms with E-state index in [1.807, 2.05) is 20.8 Å². The lowest BCUT2D eigenvalue weighted by molar-refractivity contribution is -0.124. The van der Waals surface area contributed by atoms with Crippen LogP contribution in [0.15, 0.2) is 0 Å². The van der Waals surface area contributed by atoms with Crippen molar-refractivity contribution in [2.45, 2.75) is 93.0 Å². The normalized spacial score (nSPS) is 11.3. The Morgan fingerprint density at radius 1 is 0.957 bits per heavy atom. The van der Waals surface area contributed by atoms with E-state index in [0.717, 1.165) is 39.0 Å². The molecule has 0 radical (unpaired) electrons. The highest BCUT2D eigenvalue weighted by Crippen LogP contribution is 2.16. The maximum absolute atomic E-state index is 12.2. The van der Waals surface area contributed by atoms with Crippen LogP contribution in [0.3, 0.4) is 0 Å². The van der Waals surface area contributed by atoms with Crippen molar-refractivity contribution < 1.29 is 9.53 Å². The number of ether oxygens (including phenoxy) is 1. The molecular weight excluding hydrogens is 401 g/mol. The van der Waals surface area contributed by atoms with Gasteiger partial charge in [0, 0.05) is 26.2 Å². The standard InChI is InChI=1S/C16H33NO2.C3H8.HI/c1-7-19-12-10-8-9-11-14(18)16(5,6)17-13-15(2,3)4;1-3-2;/h17H,7-13H2,1-6H3;3H2,1-2H3;1H. The molecule has 0 aromatic carbocycles. The predicted molar refractivity (Wildman–Crippen MR) is 113 cm³/mol. The van der Waals surface area contributed by atoms with E-state index in [0.29, 0.717) is 12.2 Å². The topological polar surface area (TPSA) is 38.3 Å². The summed E-state index contributed by atoms with van der Waals surface area (Å²) in [5.41, 5.74) is -0.206. The van der Waals surface area contributed by atoms with E-state index >= 15 is 0 Å². The third kappa shape index (κ3) is 20.3. The number of rotatable bonds is 10. The number of nitrogens with one attached hydrogen (secondary N) is 1. The minimum atomic E-state index is -0.410. The summed E-state index contributed by atoms with van der Waals surface area (Å²) in [5.74, 6) is 0.313. The number of unbranched alkanes of at least 4 members (excludes halogenated alkanes) is 2. The van der Waals surface area contributed by atoms with Gasteiger partial charge in [0.2, 0.25) is 0 Å². The Morgan fingerprint density at radius 2 is 1.48 bits per heavy atom. The average molecular weight is 443 g/mol. The van der Waals surface area contributed by atoms with Gasteiger partial charge in [-0.25, -0.2) is 0 Å². The molecule has 0 saturated heterocycles. The zero-order chi connectivity index (χ0) is 17.6. The van der Waals surface area contributed by atoms with Gasteiger partial charge < -0.3 is 10.1 Å². The quantitative estimate of drug-likeness (QED) is 0.353. The van der Waals surface area contributed by atoms with Gasteiger partial charge in [-0.1, -0.05) is 47.5 Å². The van der Waals surface area contributed by atoms with E-state index < -0.39 is 5.54 Å². The minimum Gasteiger partial charge on any atom is -0.382 e. The first kappa shape index (κ1) is 28.1. The Balaban J connectivity index is -0.000000920. The second kappa shape index (κ2) is 15.8. The molecule has 142 valence electrons. The van der Waals surface area contributed by atoms with Gasteiger partial charge in [0.25, 0.3) is 0 Å². The fourth-order valence-electron chi connectivity index (χ4n) is 1.71. The van der Waals surface area contributed by atoms with Crippen LogP contribution in [0.4, 0.5) is 0 Å². The number of carbonyl (C=O) groups excluding carboxylic acids is 1. The Labute approximate surface area is 162 Å². The first-order valence-corrected chi connectivity index (χ1v) is 8.96. The van der Waals surface area contributed by atoms with Crippen molar-refractivity contribution in [3.8, 4) is 0 Å². The fourth-order valence-corrected chi connectivity index (χ4v) is 1.71. The monoisotopic (exact) mass is 443 g/mol. The molecule has 0 rings (SSSR count). The Hall–Kier alpha value is 0.320. The summed E-state index contributed by atoms with van der Waals surface area (Å²) >= 11 is 0. The summed E-state index contributed by atoms with van der Waals surface area (Å²) in [6, 6.07) is 0. The second-order valence-corrected chi connectivity index (χ2v) is 7.68. The molecule has 0 saturated carbocycles. The van der Waals surface area contributed by atoms with E-state index in [2.05, 4.69) is 39.9 Å². The lowest BCUT2D eigenvalue weighted by atomic mass is 9.91. The second-order valence-electron chi connectivity index (χ2n) is 7.68. The number of carbonyl (C=O) groups is 1. The molecule has 3 nitrogen and oxygen atoms in total. The van der Waals surface area contributed by atoms with E-state index in [9.17, 15) is 4.79 Å². The number of ketones is 1. The van der Waals surface area contributed by atoms with E-state index in [4.69, 9.17) is 4.74 Å². The number of hydrogen-bond acceptors (Lipinski definition) is 3. The molecule has 4 heteroatoms. The van der Waals surface area contributed by atoms with Gasteiger partial charge >= 0.3 is 0 Å². The molecule has 0 bridgehead atoms. The van der Waals surface area contributed by atoms with Gasteiger partial charge in [0.1, 0.15) is 0 Å². The van der Waals surface area contributed by atoms with Gasteiger partial charge in [-0.15, -0.1) is 24.0 Å². The molecule has 0 unspecified atom stereocenters. The smallest absolute Gasteiger partial charge is 0.152 e. The van der Waals surface area contributed by atoms with Crippen molar-refractivity contribution in [2.75, 3.05) is 19.8 Å². The summed E-state index contributed by atoms with van der Waals surface area (Å²) in [6.07, 6.45) is 5.00. The van der Waals surface area contributed by atoms with E-state index in [1.165, 1.54) is 6.42 Å². The molecule has 0 amide bonds. The van der Waals surface area contributed by atoms with Crippen molar-refractivity contribution >= 4 is 29.8 Å². The summed E-state index contributed by atoms with van der Waals surface area (Å²) in [6.45, 7) is 19.2. The fraction of sp³-hybridized carbons (Fsp3) is 0.947. The maximum atomic E-state index is 12.2. The van der Waals surface area contributed by atoms with Crippen LogP contribution >= 0.6 is 24.0 Å². The highest BCUT2D eigenvalue weighted by atomic mass is 127. The third-order valence-corrected chi connectivity index (χ3v) is 3.15. The summed E-state index contributed by atoms with van der Waals surface area (Å²) < 4.78 is 5.29. The molecule has 0 heterocycles. The average Bonchev–Trinajstić information content (AvgIpc) is 2.40. The van der Waals surface area contributed by atoms with Crippen LogP contribution in [0.25, 0.3) is 0 Å². The lowest BCUT2D eigenvalue weighted by Gasteiger charge is -2.29. The van der Waals surface area contributed by atoms with Gasteiger partial charge in [0.15, 0.2) is 5.78 Å². The zero-order valence-corrected chi connectivity index (χ0v) is 19.2. The third-order valence-electron chi connectivity index (χ3n) is 3.15. The molecule has 0 aliphatic carbocycles. The number of hydrogen-bond donors (Lipinski definition) is 1. The Morgan fingerprint density at radius 3 is 1.91 bits per heavy atom. The van der Waals surface area contributed by atoms with Crippen molar-refractivity contribution in [1.29, 1.82) is 0 Å². The first-order chi connectivity index (χ1) is 10.1. The molecule has 0 atom stereocenters. The van der Waals surface area contributed by atoms with Crippen LogP contribution < -0.4 is 5.32 Å². The van der Waals surface area contributed by atoms with Gasteiger partial charge in [0.05, 0.1) is 5.54 Å². The molecule has 0 aliphatic heterocycles. The van der Waals surface area contributed by atoms with Crippen LogP contribution in [0.5, 0.6) is 0 Å². The van der Waals surface area contributed by atoms with Crippen LogP contribution in [0.2, 0.25) is 0 Å². The Bertz CT molecular complexity index is 273. The maximum Gasteiger partial charge on any atom is 0.152 e. The van der Waals surface area contributed by atoms with E-state index in [1.54, 1.807) is 0 Å². The van der Waals surface area contributed by atoms with Crippen LogP contribution in [-0.2, 0) is 9.53 Å². The van der Waals surface area contributed by atoms with Gasteiger partial charge in [-0.2, -0.15) is 0 Å². The highest BCUT2D eigenvalue weighted by molar-refractivity contribution is 14.0. The van der Waals surface area contributed by atoms with Gasteiger partial charge in [-0.3, -0.25) is 4.79 Å². The van der Waals surface area contributed by atoms with Crippen LogP contribution in [0, 0.1) is 5.41 Å². The molecule has 0 fully saturated rings. The Kier molecular flexibility index (Phi) is 19.4. The summed E-state index contributed by atoms with van der Waals surface area (Å²) in [5, 5.41) is 3.39. The molecule has 0 aromatic heterocycles. The minimum absolute atomic E-state index is 0. The first-order valence-electron chi connectivity index (χ1n) is 8.96. The van der Waals surface area contributed by atoms with Crippen LogP contribution in [-0.4, -0.2) is 31.1 Å². The SMILES string of the molecule is CCC.CCOCCCCCC(=O)C(C)(C)NCC(C)(C)C.I. The molecule has 0 aromatic rings. The highest BCUT2D eigenvalue weighted by Gasteiger charge is 2.27. The molecular formula is C19H42INO2. The molecule has 0 aliphatic rings. The summed E-state index contributed by atoms with van der Waals surface area (Å²) in [7, 11) is 0. The van der Waals surface area contributed by atoms with Crippen molar-refractivity contribution in [1.82, 2.24) is 5.32 Å². The number of Topliss-reactive ketones (excluding diaryl/α,β-unsaturated/α-hetero) is 1. The molecule has 1 N–H and O–H groups in total. The van der Waals surface area contributed by atoms with E-state index in [-0.39, 0.29) is 29.4 Å². The van der Waals surface area contributed by atoms with Crippen LogP contribution in [0.1, 0.15) is 87.5 Å². The van der Waals surface area contributed by atoms with Crippen molar-refractivity contribution in [2.24, 2.45) is 5.41 Å². The predicted octanol–water partition coefficient (Wildman–Crippen LogP) is 5.60. The molecule has 23 heavy (non-hydrogen) atoms. The van der Waals surface area contributed by atoms with Gasteiger partial charge in [-0.05, 0) is 39.0 Å².